The maximum absolute atomic E-state index is 12.7. The van der Waals surface area contributed by atoms with Gasteiger partial charge in [-0.25, -0.2) is 9.59 Å². The third-order valence-electron chi connectivity index (χ3n) is 5.70. The molecule has 8 heteroatoms. The van der Waals surface area contributed by atoms with Gasteiger partial charge in [0.05, 0.1) is 12.0 Å². The molecule has 4 rings (SSSR count). The Kier molecular flexibility index (Phi) is 5.22. The summed E-state index contributed by atoms with van der Waals surface area (Å²) < 4.78 is 11.1. The van der Waals surface area contributed by atoms with E-state index in [2.05, 4.69) is 5.32 Å². The Morgan fingerprint density at radius 3 is 2.25 bits per heavy atom. The van der Waals surface area contributed by atoms with Crippen molar-refractivity contribution >= 4 is 33.8 Å². The fourth-order valence-electron chi connectivity index (χ4n) is 3.76. The van der Waals surface area contributed by atoms with E-state index >= 15 is 0 Å². The average molecular weight is 435 g/mol. The van der Waals surface area contributed by atoms with Crippen molar-refractivity contribution < 1.29 is 28.6 Å². The number of hydrogen-bond acceptors (Lipinski definition) is 6. The van der Waals surface area contributed by atoms with Gasteiger partial charge in [-0.2, -0.15) is 0 Å². The molecular weight excluding hydrogens is 414 g/mol. The van der Waals surface area contributed by atoms with Crippen LogP contribution in [0.1, 0.15) is 34.1 Å². The monoisotopic (exact) mass is 435 g/mol. The first kappa shape index (κ1) is 21.2. The molecule has 1 atom stereocenters. The van der Waals surface area contributed by atoms with Crippen molar-refractivity contribution in [3.63, 3.8) is 0 Å². The number of phenolic OH excluding ortho intramolecular Hbond substituents is 1. The van der Waals surface area contributed by atoms with Gasteiger partial charge in [-0.1, -0.05) is 12.1 Å². The molecule has 0 aliphatic heterocycles. The van der Waals surface area contributed by atoms with Crippen molar-refractivity contribution in [2.24, 2.45) is 0 Å². The van der Waals surface area contributed by atoms with Crippen molar-refractivity contribution in [2.45, 2.75) is 33.2 Å². The van der Waals surface area contributed by atoms with Gasteiger partial charge >= 0.3 is 11.6 Å². The maximum Gasteiger partial charge on any atom is 0.340 e. The number of amides is 1. The van der Waals surface area contributed by atoms with Crippen LogP contribution in [-0.2, 0) is 16.0 Å². The minimum Gasteiger partial charge on any atom is -0.508 e. The summed E-state index contributed by atoms with van der Waals surface area (Å²) in [6.07, 6.45) is -0.340. The van der Waals surface area contributed by atoms with Crippen LogP contribution in [0.4, 0.5) is 0 Å². The first-order valence-corrected chi connectivity index (χ1v) is 9.93. The van der Waals surface area contributed by atoms with E-state index in [1.165, 1.54) is 24.3 Å². The Balaban J connectivity index is 1.68. The van der Waals surface area contributed by atoms with Crippen molar-refractivity contribution in [3.8, 4) is 5.75 Å². The minimum absolute atomic E-state index is 0.0224. The molecule has 3 N–H and O–H groups in total. The molecule has 32 heavy (non-hydrogen) atoms. The van der Waals surface area contributed by atoms with Crippen molar-refractivity contribution in [1.82, 2.24) is 5.32 Å². The molecule has 164 valence electrons. The number of phenols is 1. The van der Waals surface area contributed by atoms with Crippen LogP contribution in [0.3, 0.4) is 0 Å². The Hall–Kier alpha value is -4.07. The van der Waals surface area contributed by atoms with E-state index in [1.807, 2.05) is 19.9 Å². The smallest absolute Gasteiger partial charge is 0.340 e. The minimum atomic E-state index is -1.33. The zero-order valence-corrected chi connectivity index (χ0v) is 17.7. The molecule has 2 heterocycles. The van der Waals surface area contributed by atoms with Gasteiger partial charge in [0.25, 0.3) is 0 Å². The zero-order chi connectivity index (χ0) is 23.2. The first-order chi connectivity index (χ1) is 15.2. The molecule has 1 amide bonds. The van der Waals surface area contributed by atoms with Crippen molar-refractivity contribution in [2.75, 3.05) is 0 Å². The van der Waals surface area contributed by atoms with E-state index in [-0.39, 0.29) is 17.7 Å². The summed E-state index contributed by atoms with van der Waals surface area (Å²) in [6.45, 7) is 5.52. The molecule has 0 aliphatic carbocycles. The fourth-order valence-corrected chi connectivity index (χ4v) is 3.76. The highest BCUT2D eigenvalue weighted by Gasteiger charge is 2.24. The van der Waals surface area contributed by atoms with Gasteiger partial charge in [0, 0.05) is 16.8 Å². The third kappa shape index (κ3) is 3.71. The third-order valence-corrected chi connectivity index (χ3v) is 5.70. The van der Waals surface area contributed by atoms with Crippen LogP contribution in [0.5, 0.6) is 5.75 Å². The standard InChI is InChI=1S/C24H21NO7/c1-11-13(3)31-19-10-20-17(8-16(11)19)12(2)18(24(30)32-20)9-21(27)25-22(23(28)29)14-4-6-15(26)7-5-14/h4-8,10,22,26H,9H2,1-3H3,(H,25,27)(H,28,29). The molecule has 0 saturated carbocycles. The second-order valence-electron chi connectivity index (χ2n) is 7.73. The Morgan fingerprint density at radius 1 is 0.969 bits per heavy atom. The van der Waals surface area contributed by atoms with Crippen LogP contribution >= 0.6 is 0 Å². The normalized spacial score (nSPS) is 12.2. The van der Waals surface area contributed by atoms with Gasteiger partial charge < -0.3 is 24.4 Å². The molecule has 4 aromatic rings. The second kappa shape index (κ2) is 7.88. The molecule has 2 aromatic heterocycles. The van der Waals surface area contributed by atoms with Crippen LogP contribution in [0.25, 0.3) is 21.9 Å². The molecule has 0 aliphatic rings. The Labute approximate surface area is 182 Å². The number of aromatic hydroxyl groups is 1. The van der Waals surface area contributed by atoms with Crippen LogP contribution < -0.4 is 10.9 Å². The lowest BCUT2D eigenvalue weighted by Crippen LogP contribution is -2.35. The number of carbonyl (C=O) groups excluding carboxylic acids is 1. The summed E-state index contributed by atoms with van der Waals surface area (Å²) in [4.78, 5) is 36.9. The number of nitrogens with one attached hydrogen (secondary N) is 1. The van der Waals surface area contributed by atoms with Crippen molar-refractivity contribution in [1.29, 1.82) is 0 Å². The molecule has 0 bridgehead atoms. The molecule has 8 nitrogen and oxygen atoms in total. The highest BCUT2D eigenvalue weighted by Crippen LogP contribution is 2.31. The van der Waals surface area contributed by atoms with Gasteiger partial charge in [0.1, 0.15) is 22.7 Å². The highest BCUT2D eigenvalue weighted by molar-refractivity contribution is 5.97. The quantitative estimate of drug-likeness (QED) is 0.408. The van der Waals surface area contributed by atoms with Gasteiger partial charge in [-0.3, -0.25) is 4.79 Å². The largest absolute Gasteiger partial charge is 0.508 e. The number of carboxylic acid groups (broad SMARTS) is 1. The average Bonchev–Trinajstić information content (AvgIpc) is 3.01. The summed E-state index contributed by atoms with van der Waals surface area (Å²) in [5.41, 5.74) is 2.30. The summed E-state index contributed by atoms with van der Waals surface area (Å²) in [5.74, 6) is -1.16. The molecule has 0 radical (unpaired) electrons. The number of carboxylic acids is 1. The Bertz CT molecular complexity index is 1430. The summed E-state index contributed by atoms with van der Waals surface area (Å²) in [6, 6.07) is 7.68. The zero-order valence-electron chi connectivity index (χ0n) is 17.7. The number of aliphatic carboxylic acids is 1. The van der Waals surface area contributed by atoms with E-state index in [0.29, 0.717) is 27.7 Å². The van der Waals surface area contributed by atoms with E-state index in [1.54, 1.807) is 13.0 Å². The SMILES string of the molecule is Cc1oc2cc3oc(=O)c(CC(=O)NC(C(=O)O)c4ccc(O)cc4)c(C)c3cc2c1C. The predicted octanol–water partition coefficient (Wildman–Crippen LogP) is 3.65. The topological polar surface area (TPSA) is 130 Å². The lowest BCUT2D eigenvalue weighted by molar-refractivity contribution is -0.142. The maximum atomic E-state index is 12.7. The van der Waals surface area contributed by atoms with E-state index in [4.69, 9.17) is 8.83 Å². The fraction of sp³-hybridized carbons (Fsp3) is 0.208. The highest BCUT2D eigenvalue weighted by atomic mass is 16.4. The van der Waals surface area contributed by atoms with Gasteiger partial charge in [-0.05, 0) is 55.7 Å². The number of carbonyl (C=O) groups is 2. The molecule has 1 unspecified atom stereocenters. The molecule has 0 fully saturated rings. The van der Waals surface area contributed by atoms with Crippen molar-refractivity contribution in [3.05, 3.63) is 74.8 Å². The number of hydrogen-bond donors (Lipinski definition) is 3. The van der Waals surface area contributed by atoms with Crippen LogP contribution in [0, 0.1) is 20.8 Å². The Morgan fingerprint density at radius 2 is 1.59 bits per heavy atom. The molecule has 0 saturated heterocycles. The molecular formula is C24H21NO7. The van der Waals surface area contributed by atoms with Gasteiger partial charge in [0.2, 0.25) is 5.91 Å². The summed E-state index contributed by atoms with van der Waals surface area (Å²) in [5, 5.41) is 22.9. The van der Waals surface area contributed by atoms with Gasteiger partial charge in [-0.15, -0.1) is 0 Å². The summed E-state index contributed by atoms with van der Waals surface area (Å²) in [7, 11) is 0. The second-order valence-corrected chi connectivity index (χ2v) is 7.73. The lowest BCUT2D eigenvalue weighted by atomic mass is 10.0. The van der Waals surface area contributed by atoms with Crippen LogP contribution in [-0.4, -0.2) is 22.1 Å². The van der Waals surface area contributed by atoms with Crippen LogP contribution in [0.2, 0.25) is 0 Å². The van der Waals surface area contributed by atoms with Gasteiger partial charge in [0.15, 0.2) is 6.04 Å². The number of benzene rings is 2. The number of aryl methyl sites for hydroxylation is 3. The van der Waals surface area contributed by atoms with Crippen LogP contribution in [0.15, 0.2) is 50.0 Å². The molecule has 0 spiro atoms. The number of furan rings is 1. The number of rotatable bonds is 5. The molecule has 2 aromatic carbocycles. The number of fused-ring (bicyclic) bond motifs is 2. The first-order valence-electron chi connectivity index (χ1n) is 9.93. The summed E-state index contributed by atoms with van der Waals surface area (Å²) >= 11 is 0. The predicted molar refractivity (Wildman–Crippen MR) is 117 cm³/mol. The van der Waals surface area contributed by atoms with E-state index in [0.717, 1.165) is 16.7 Å². The van der Waals surface area contributed by atoms with E-state index < -0.39 is 23.5 Å². The van der Waals surface area contributed by atoms with E-state index in [9.17, 15) is 24.6 Å². The lowest BCUT2D eigenvalue weighted by Gasteiger charge is -2.15.